The first-order valence-electron chi connectivity index (χ1n) is 7.83. The van der Waals surface area contributed by atoms with Crippen LogP contribution in [0.15, 0.2) is 0 Å². The van der Waals surface area contributed by atoms with Crippen molar-refractivity contribution in [2.45, 2.75) is 63.6 Å². The number of sulfonamides is 1. The lowest BCUT2D eigenvalue weighted by Gasteiger charge is -2.37. The molecule has 1 N–H and O–H groups in total. The summed E-state index contributed by atoms with van der Waals surface area (Å²) < 4.78 is 30.9. The van der Waals surface area contributed by atoms with Gasteiger partial charge in [-0.05, 0) is 32.6 Å². The minimum atomic E-state index is -3.01. The van der Waals surface area contributed by atoms with E-state index in [1.165, 1.54) is 19.3 Å². The molecule has 118 valence electrons. The molecule has 1 heterocycles. The van der Waals surface area contributed by atoms with Gasteiger partial charge in [-0.25, -0.2) is 12.7 Å². The van der Waals surface area contributed by atoms with E-state index in [0.29, 0.717) is 31.3 Å². The summed E-state index contributed by atoms with van der Waals surface area (Å²) in [6, 6.07) is 0.868. The van der Waals surface area contributed by atoms with Crippen LogP contribution in [0, 0.1) is 0 Å². The Hall–Kier alpha value is -0.170. The Balaban J connectivity index is 1.82. The summed E-state index contributed by atoms with van der Waals surface area (Å²) >= 11 is 0. The molecular weight excluding hydrogens is 276 g/mol. The average Bonchev–Trinajstić information content (AvgIpc) is 2.48. The Morgan fingerprint density at radius 2 is 1.80 bits per heavy atom. The molecule has 20 heavy (non-hydrogen) atoms. The van der Waals surface area contributed by atoms with Crippen LogP contribution in [0.4, 0.5) is 0 Å². The summed E-state index contributed by atoms with van der Waals surface area (Å²) in [5.41, 5.74) is 0. The average molecular weight is 304 g/mol. The van der Waals surface area contributed by atoms with Crippen LogP contribution in [0.3, 0.4) is 0 Å². The van der Waals surface area contributed by atoms with Crippen molar-refractivity contribution in [2.75, 3.05) is 26.0 Å². The van der Waals surface area contributed by atoms with Crippen molar-refractivity contribution in [2.24, 2.45) is 0 Å². The highest BCUT2D eigenvalue weighted by molar-refractivity contribution is 7.89. The van der Waals surface area contributed by atoms with Crippen LogP contribution in [0.1, 0.15) is 45.4 Å². The normalized spacial score (nSPS) is 30.5. The highest BCUT2D eigenvalue weighted by Gasteiger charge is 2.31. The second kappa shape index (κ2) is 7.20. The van der Waals surface area contributed by atoms with Gasteiger partial charge in [-0.15, -0.1) is 0 Å². The lowest BCUT2D eigenvalue weighted by molar-refractivity contribution is 0.0351. The predicted molar refractivity (Wildman–Crippen MR) is 80.2 cm³/mol. The highest BCUT2D eigenvalue weighted by atomic mass is 32.2. The van der Waals surface area contributed by atoms with Crippen LogP contribution in [0.25, 0.3) is 0 Å². The van der Waals surface area contributed by atoms with Crippen LogP contribution in [-0.2, 0) is 14.8 Å². The van der Waals surface area contributed by atoms with E-state index < -0.39 is 10.0 Å². The fourth-order valence-corrected chi connectivity index (χ4v) is 4.49. The van der Waals surface area contributed by atoms with E-state index >= 15 is 0 Å². The quantitative estimate of drug-likeness (QED) is 0.833. The van der Waals surface area contributed by atoms with Crippen molar-refractivity contribution >= 4 is 10.0 Å². The van der Waals surface area contributed by atoms with Crippen molar-refractivity contribution < 1.29 is 13.2 Å². The van der Waals surface area contributed by atoms with E-state index in [2.05, 4.69) is 5.32 Å². The van der Waals surface area contributed by atoms with Gasteiger partial charge >= 0.3 is 0 Å². The number of hydrogen-bond donors (Lipinski definition) is 1. The second-order valence-electron chi connectivity index (χ2n) is 5.91. The zero-order valence-corrected chi connectivity index (χ0v) is 13.5. The molecule has 0 aromatic rings. The molecule has 0 bridgehead atoms. The number of methoxy groups -OCH3 is 1. The smallest absolute Gasteiger partial charge is 0.213 e. The van der Waals surface area contributed by atoms with Gasteiger partial charge in [0.15, 0.2) is 0 Å². The van der Waals surface area contributed by atoms with E-state index in [4.69, 9.17) is 4.74 Å². The van der Waals surface area contributed by atoms with Gasteiger partial charge < -0.3 is 10.1 Å². The summed E-state index contributed by atoms with van der Waals surface area (Å²) in [5.74, 6) is 0.208. The Morgan fingerprint density at radius 3 is 2.40 bits per heavy atom. The molecule has 0 amide bonds. The first-order valence-corrected chi connectivity index (χ1v) is 9.44. The molecule has 2 unspecified atom stereocenters. The standard InChI is InChI=1S/C14H28N2O3S/c1-3-20(17,18)16-10-8-12(9-11-16)15-13-6-4-5-7-14(13)19-2/h12-15H,3-11H2,1-2H3. The molecule has 1 saturated carbocycles. The Bertz CT molecular complexity index is 391. The fourth-order valence-electron chi connectivity index (χ4n) is 3.36. The van der Waals surface area contributed by atoms with Gasteiger partial charge in [0, 0.05) is 32.3 Å². The predicted octanol–water partition coefficient (Wildman–Crippen LogP) is 1.35. The summed E-state index contributed by atoms with van der Waals surface area (Å²) in [7, 11) is -1.22. The molecule has 6 heteroatoms. The summed E-state index contributed by atoms with van der Waals surface area (Å²) in [6.07, 6.45) is 6.97. The van der Waals surface area contributed by atoms with E-state index in [1.54, 1.807) is 18.3 Å². The molecule has 2 fully saturated rings. The Morgan fingerprint density at radius 1 is 1.15 bits per heavy atom. The zero-order valence-electron chi connectivity index (χ0n) is 12.7. The Labute approximate surface area is 123 Å². The van der Waals surface area contributed by atoms with Crippen molar-refractivity contribution in [1.82, 2.24) is 9.62 Å². The van der Waals surface area contributed by atoms with Gasteiger partial charge in [0.1, 0.15) is 0 Å². The maximum atomic E-state index is 11.8. The number of nitrogens with one attached hydrogen (secondary N) is 1. The van der Waals surface area contributed by atoms with Crippen LogP contribution >= 0.6 is 0 Å². The summed E-state index contributed by atoms with van der Waals surface area (Å²) in [4.78, 5) is 0. The zero-order chi connectivity index (χ0) is 14.6. The number of nitrogens with zero attached hydrogens (tertiary/aromatic N) is 1. The van der Waals surface area contributed by atoms with Gasteiger partial charge in [0.2, 0.25) is 10.0 Å². The molecule has 0 aromatic heterocycles. The SMILES string of the molecule is CCS(=O)(=O)N1CCC(NC2CCCCC2OC)CC1. The maximum Gasteiger partial charge on any atom is 0.213 e. The van der Waals surface area contributed by atoms with Gasteiger partial charge in [-0.2, -0.15) is 0 Å². The minimum absolute atomic E-state index is 0.208. The van der Waals surface area contributed by atoms with Crippen LogP contribution < -0.4 is 5.32 Å². The third-order valence-electron chi connectivity index (χ3n) is 4.67. The van der Waals surface area contributed by atoms with Crippen LogP contribution in [0.2, 0.25) is 0 Å². The van der Waals surface area contributed by atoms with Crippen molar-refractivity contribution in [3.8, 4) is 0 Å². The van der Waals surface area contributed by atoms with Crippen molar-refractivity contribution in [1.29, 1.82) is 0 Å². The van der Waals surface area contributed by atoms with E-state index in [0.717, 1.165) is 19.3 Å². The fraction of sp³-hybridized carbons (Fsp3) is 1.00. The number of hydrogen-bond acceptors (Lipinski definition) is 4. The second-order valence-corrected chi connectivity index (χ2v) is 8.16. The lowest BCUT2D eigenvalue weighted by atomic mass is 9.91. The van der Waals surface area contributed by atoms with E-state index in [9.17, 15) is 8.42 Å². The Kier molecular flexibility index (Phi) is 5.84. The van der Waals surface area contributed by atoms with E-state index in [1.807, 2.05) is 0 Å². The molecule has 0 aromatic carbocycles. The molecule has 0 radical (unpaired) electrons. The molecule has 2 rings (SSSR count). The number of ether oxygens (including phenoxy) is 1. The molecule has 2 aliphatic rings. The van der Waals surface area contributed by atoms with Gasteiger partial charge in [-0.1, -0.05) is 12.8 Å². The van der Waals surface area contributed by atoms with Crippen LogP contribution in [0.5, 0.6) is 0 Å². The lowest BCUT2D eigenvalue weighted by Crippen LogP contribution is -2.52. The molecular formula is C14H28N2O3S. The molecule has 0 spiro atoms. The topological polar surface area (TPSA) is 58.6 Å². The molecule has 1 aliphatic carbocycles. The summed E-state index contributed by atoms with van der Waals surface area (Å²) in [6.45, 7) is 3.02. The first kappa shape index (κ1) is 16.2. The monoisotopic (exact) mass is 304 g/mol. The molecule has 2 atom stereocenters. The summed E-state index contributed by atoms with van der Waals surface area (Å²) in [5, 5.41) is 3.70. The number of rotatable bonds is 5. The third kappa shape index (κ3) is 3.93. The first-order chi connectivity index (χ1) is 9.56. The van der Waals surface area contributed by atoms with Crippen molar-refractivity contribution in [3.63, 3.8) is 0 Å². The maximum absolute atomic E-state index is 11.8. The largest absolute Gasteiger partial charge is 0.380 e. The number of piperidine rings is 1. The van der Waals surface area contributed by atoms with Gasteiger partial charge in [0.05, 0.1) is 11.9 Å². The highest BCUT2D eigenvalue weighted by Crippen LogP contribution is 2.23. The molecule has 1 aliphatic heterocycles. The van der Waals surface area contributed by atoms with E-state index in [-0.39, 0.29) is 5.75 Å². The third-order valence-corrected chi connectivity index (χ3v) is 6.55. The minimum Gasteiger partial charge on any atom is -0.380 e. The van der Waals surface area contributed by atoms with Gasteiger partial charge in [-0.3, -0.25) is 0 Å². The van der Waals surface area contributed by atoms with Crippen LogP contribution in [-0.4, -0.2) is 56.9 Å². The van der Waals surface area contributed by atoms with Gasteiger partial charge in [0.25, 0.3) is 0 Å². The molecule has 1 saturated heterocycles. The van der Waals surface area contributed by atoms with Crippen molar-refractivity contribution in [3.05, 3.63) is 0 Å². The molecule has 5 nitrogen and oxygen atoms in total.